The van der Waals surface area contributed by atoms with Gasteiger partial charge in [-0.05, 0) is 53.9 Å². The second-order valence-electron chi connectivity index (χ2n) is 6.80. The monoisotopic (exact) mass is 378 g/mol. The van der Waals surface area contributed by atoms with Gasteiger partial charge in [0.15, 0.2) is 11.6 Å². The Kier molecular flexibility index (Phi) is 5.27. The summed E-state index contributed by atoms with van der Waals surface area (Å²) in [6.07, 6.45) is 0. The van der Waals surface area contributed by atoms with Crippen molar-refractivity contribution in [2.75, 3.05) is 0 Å². The van der Waals surface area contributed by atoms with Crippen LogP contribution in [0.3, 0.4) is 0 Å². The van der Waals surface area contributed by atoms with E-state index < -0.39 is 17.4 Å². The number of benzene rings is 3. The van der Waals surface area contributed by atoms with Gasteiger partial charge in [0, 0.05) is 5.56 Å². The first-order valence-electron chi connectivity index (χ1n) is 8.79. The molecule has 3 aromatic carbocycles. The van der Waals surface area contributed by atoms with Gasteiger partial charge in [-0.25, -0.2) is 4.39 Å². The predicted octanol–water partition coefficient (Wildman–Crippen LogP) is 4.82. The van der Waals surface area contributed by atoms with E-state index >= 15 is 0 Å². The quantitative estimate of drug-likeness (QED) is 0.624. The van der Waals surface area contributed by atoms with Crippen molar-refractivity contribution < 1.29 is 24.2 Å². The van der Waals surface area contributed by atoms with Crippen LogP contribution in [0.15, 0.2) is 60.7 Å². The Morgan fingerprint density at radius 3 is 2.04 bits per heavy atom. The number of hydrogen-bond acceptors (Lipinski definition) is 4. The van der Waals surface area contributed by atoms with Gasteiger partial charge < -0.3 is 10.2 Å². The third kappa shape index (κ3) is 3.64. The van der Waals surface area contributed by atoms with E-state index in [2.05, 4.69) is 0 Å². The van der Waals surface area contributed by atoms with Crippen molar-refractivity contribution in [1.29, 1.82) is 0 Å². The molecule has 0 aromatic heterocycles. The van der Waals surface area contributed by atoms with Gasteiger partial charge in [-0.3, -0.25) is 9.59 Å². The molecule has 4 nitrogen and oxygen atoms in total. The van der Waals surface area contributed by atoms with Crippen LogP contribution in [0.1, 0.15) is 57.2 Å². The maximum atomic E-state index is 14.0. The summed E-state index contributed by atoms with van der Waals surface area (Å²) in [6.45, 7) is 3.93. The van der Waals surface area contributed by atoms with E-state index in [4.69, 9.17) is 0 Å². The lowest BCUT2D eigenvalue weighted by Gasteiger charge is -2.11. The van der Waals surface area contributed by atoms with Crippen LogP contribution < -0.4 is 0 Å². The van der Waals surface area contributed by atoms with Crippen molar-refractivity contribution in [2.45, 2.75) is 19.8 Å². The van der Waals surface area contributed by atoms with Crippen molar-refractivity contribution in [3.05, 3.63) is 94.3 Å². The Balaban J connectivity index is 2.05. The molecule has 3 rings (SSSR count). The maximum absolute atomic E-state index is 14.0. The average Bonchev–Trinajstić information content (AvgIpc) is 2.68. The normalized spacial score (nSPS) is 10.9. The van der Waals surface area contributed by atoms with Gasteiger partial charge in [0.05, 0.1) is 16.7 Å². The van der Waals surface area contributed by atoms with Crippen LogP contribution in [-0.2, 0) is 0 Å². The zero-order chi connectivity index (χ0) is 20.4. The highest BCUT2D eigenvalue weighted by Gasteiger charge is 2.21. The summed E-state index contributed by atoms with van der Waals surface area (Å²) in [6, 6.07) is 14.0. The van der Waals surface area contributed by atoms with E-state index in [0.29, 0.717) is 0 Å². The van der Waals surface area contributed by atoms with Gasteiger partial charge in [-0.15, -0.1) is 0 Å². The summed E-state index contributed by atoms with van der Waals surface area (Å²) in [4.78, 5) is 25.6. The fourth-order valence-corrected chi connectivity index (χ4v) is 2.90. The van der Waals surface area contributed by atoms with Gasteiger partial charge >= 0.3 is 0 Å². The van der Waals surface area contributed by atoms with Gasteiger partial charge in [-0.1, -0.05) is 32.0 Å². The van der Waals surface area contributed by atoms with Crippen molar-refractivity contribution in [1.82, 2.24) is 0 Å². The number of hydrogen-bond donors (Lipinski definition) is 2. The van der Waals surface area contributed by atoms with E-state index in [1.165, 1.54) is 42.5 Å². The van der Waals surface area contributed by atoms with Gasteiger partial charge in [0.25, 0.3) is 0 Å². The molecule has 0 unspecified atom stereocenters. The number of halogens is 1. The van der Waals surface area contributed by atoms with Crippen LogP contribution in [0.5, 0.6) is 11.5 Å². The highest BCUT2D eigenvalue weighted by molar-refractivity contribution is 6.15. The molecule has 0 amide bonds. The predicted molar refractivity (Wildman–Crippen MR) is 104 cm³/mol. The molecule has 0 heterocycles. The molecule has 0 saturated heterocycles. The van der Waals surface area contributed by atoms with Crippen LogP contribution >= 0.6 is 0 Å². The fourth-order valence-electron chi connectivity index (χ4n) is 2.90. The van der Waals surface area contributed by atoms with Gasteiger partial charge in [0.2, 0.25) is 0 Å². The molecule has 2 N–H and O–H groups in total. The summed E-state index contributed by atoms with van der Waals surface area (Å²) in [5.74, 6) is -2.32. The first-order valence-corrected chi connectivity index (χ1v) is 8.79. The Hall–Kier alpha value is -3.47. The molecule has 28 heavy (non-hydrogen) atoms. The number of carbonyl (C=O) groups excluding carboxylic acids is 2. The van der Waals surface area contributed by atoms with Crippen LogP contribution in [0, 0.1) is 5.82 Å². The lowest BCUT2D eigenvalue weighted by molar-refractivity contribution is 0.103. The summed E-state index contributed by atoms with van der Waals surface area (Å²) in [5, 5.41) is 20.2. The van der Waals surface area contributed by atoms with Crippen LogP contribution in [0.4, 0.5) is 4.39 Å². The summed E-state index contributed by atoms with van der Waals surface area (Å²) >= 11 is 0. The minimum Gasteiger partial charge on any atom is -0.507 e. The molecule has 0 fully saturated rings. The third-order valence-corrected chi connectivity index (χ3v) is 4.55. The van der Waals surface area contributed by atoms with Crippen molar-refractivity contribution in [2.24, 2.45) is 0 Å². The van der Waals surface area contributed by atoms with Gasteiger partial charge in [0.1, 0.15) is 17.3 Å². The van der Waals surface area contributed by atoms with E-state index in [1.807, 2.05) is 13.8 Å². The van der Waals surface area contributed by atoms with Crippen molar-refractivity contribution in [3.8, 4) is 11.5 Å². The zero-order valence-corrected chi connectivity index (χ0v) is 15.4. The smallest absolute Gasteiger partial charge is 0.199 e. The first kappa shape index (κ1) is 19.3. The molecule has 142 valence electrons. The fraction of sp³-hybridized carbons (Fsp3) is 0.130. The summed E-state index contributed by atoms with van der Waals surface area (Å²) in [7, 11) is 0. The number of rotatable bonds is 5. The van der Waals surface area contributed by atoms with E-state index in [9.17, 15) is 24.2 Å². The molecule has 0 bridgehead atoms. The molecular weight excluding hydrogens is 359 g/mol. The third-order valence-electron chi connectivity index (χ3n) is 4.55. The minimum atomic E-state index is -0.731. The lowest BCUT2D eigenvalue weighted by Crippen LogP contribution is -2.08. The number of ketones is 2. The second kappa shape index (κ2) is 7.64. The molecule has 5 heteroatoms. The molecule has 0 saturated carbocycles. The average molecular weight is 378 g/mol. The zero-order valence-electron chi connectivity index (χ0n) is 15.4. The van der Waals surface area contributed by atoms with Crippen molar-refractivity contribution in [3.63, 3.8) is 0 Å². The molecule has 3 aromatic rings. The molecule has 0 aliphatic rings. The Bertz CT molecular complexity index is 1070. The second-order valence-corrected chi connectivity index (χ2v) is 6.80. The maximum Gasteiger partial charge on any atom is 0.199 e. The van der Waals surface area contributed by atoms with Crippen LogP contribution in [0.25, 0.3) is 0 Å². The molecule has 0 aliphatic carbocycles. The molecule has 0 atom stereocenters. The number of phenols is 2. The van der Waals surface area contributed by atoms with Crippen molar-refractivity contribution >= 4 is 11.6 Å². The molecule has 0 spiro atoms. The highest BCUT2D eigenvalue weighted by Crippen LogP contribution is 2.28. The minimum absolute atomic E-state index is 0.0983. The number of phenolic OH excluding ortho intramolecular Hbond substituents is 2. The highest BCUT2D eigenvalue weighted by atomic mass is 19.1. The number of aromatic hydroxyl groups is 2. The summed E-state index contributed by atoms with van der Waals surface area (Å²) in [5.41, 5.74) is 0.694. The largest absolute Gasteiger partial charge is 0.507 e. The summed E-state index contributed by atoms with van der Waals surface area (Å²) < 4.78 is 14.0. The van der Waals surface area contributed by atoms with E-state index in [-0.39, 0.29) is 39.7 Å². The standard InChI is InChI=1S/C23H19FO4/c1-13(2)14-7-9-20(25)17(11-14)22(27)15-8-10-21(26)18(12-15)23(28)16-5-3-4-6-19(16)24/h3-13,25-26H,1-2H3. The molecule has 0 radical (unpaired) electrons. The van der Waals surface area contributed by atoms with Crippen LogP contribution in [-0.4, -0.2) is 21.8 Å². The lowest BCUT2D eigenvalue weighted by atomic mass is 9.93. The SMILES string of the molecule is CC(C)c1ccc(O)c(C(=O)c2ccc(O)c(C(=O)c3ccccc3F)c2)c1. The molecular formula is C23H19FO4. The first-order chi connectivity index (χ1) is 13.3. The van der Waals surface area contributed by atoms with E-state index in [1.54, 1.807) is 12.1 Å². The Labute approximate surface area is 161 Å². The Morgan fingerprint density at radius 1 is 0.786 bits per heavy atom. The van der Waals surface area contributed by atoms with E-state index in [0.717, 1.165) is 11.6 Å². The van der Waals surface area contributed by atoms with Crippen LogP contribution in [0.2, 0.25) is 0 Å². The Morgan fingerprint density at radius 2 is 1.39 bits per heavy atom. The number of carbonyl (C=O) groups is 2. The van der Waals surface area contributed by atoms with Gasteiger partial charge in [-0.2, -0.15) is 0 Å². The topological polar surface area (TPSA) is 74.6 Å². The molecule has 0 aliphatic heterocycles.